The van der Waals surface area contributed by atoms with Crippen LogP contribution in [0.4, 0.5) is 0 Å². The van der Waals surface area contributed by atoms with Crippen molar-refractivity contribution in [1.82, 2.24) is 14.7 Å². The van der Waals surface area contributed by atoms with Crippen molar-refractivity contribution >= 4 is 0 Å². The number of nitrogens with zero attached hydrogens (tertiary/aromatic N) is 3. The van der Waals surface area contributed by atoms with Gasteiger partial charge in [-0.15, -0.1) is 0 Å². The first-order chi connectivity index (χ1) is 8.73. The molecule has 19 heavy (non-hydrogen) atoms. The van der Waals surface area contributed by atoms with Gasteiger partial charge in [-0.3, -0.25) is 0 Å². The molecule has 0 spiro atoms. The standard InChI is InChI=1S/C15H29N3O/c1-16(2)10-13-7-8-15(19,12-18(5)6)14(9-13)11-17(3)4/h7,9,19H,8,10-12H2,1-6H3. The van der Waals surface area contributed by atoms with Crippen LogP contribution in [0.1, 0.15) is 6.42 Å². The van der Waals surface area contributed by atoms with Crippen LogP contribution in [0.5, 0.6) is 0 Å². The lowest BCUT2D eigenvalue weighted by Crippen LogP contribution is -2.45. The van der Waals surface area contributed by atoms with Crippen LogP contribution in [-0.2, 0) is 0 Å². The summed E-state index contributed by atoms with van der Waals surface area (Å²) in [6.07, 6.45) is 5.05. The zero-order valence-corrected chi connectivity index (χ0v) is 13.3. The summed E-state index contributed by atoms with van der Waals surface area (Å²) in [6.45, 7) is 2.39. The van der Waals surface area contributed by atoms with E-state index >= 15 is 0 Å². The molecule has 0 radical (unpaired) electrons. The zero-order valence-electron chi connectivity index (χ0n) is 13.3. The Balaban J connectivity index is 2.92. The third-order valence-electron chi connectivity index (χ3n) is 3.22. The van der Waals surface area contributed by atoms with E-state index in [9.17, 15) is 5.11 Å². The molecule has 0 saturated heterocycles. The number of aliphatic hydroxyl groups is 1. The highest BCUT2D eigenvalue weighted by Crippen LogP contribution is 2.29. The van der Waals surface area contributed by atoms with Crippen LogP contribution in [0, 0.1) is 0 Å². The van der Waals surface area contributed by atoms with Gasteiger partial charge in [-0.2, -0.15) is 0 Å². The first-order valence-corrected chi connectivity index (χ1v) is 6.79. The van der Waals surface area contributed by atoms with E-state index < -0.39 is 5.60 Å². The summed E-state index contributed by atoms with van der Waals surface area (Å²) in [5.74, 6) is 0. The van der Waals surface area contributed by atoms with Gasteiger partial charge in [0.2, 0.25) is 0 Å². The average molecular weight is 267 g/mol. The summed E-state index contributed by atoms with van der Waals surface area (Å²) in [4.78, 5) is 6.32. The van der Waals surface area contributed by atoms with Crippen molar-refractivity contribution in [2.75, 3.05) is 61.9 Å². The van der Waals surface area contributed by atoms with Gasteiger partial charge in [-0.05, 0) is 59.9 Å². The molecule has 0 fully saturated rings. The van der Waals surface area contributed by atoms with E-state index in [4.69, 9.17) is 0 Å². The normalized spacial score (nSPS) is 24.1. The second-order valence-corrected chi connectivity index (χ2v) is 6.40. The Morgan fingerprint density at radius 2 is 1.58 bits per heavy atom. The molecule has 1 N–H and O–H groups in total. The summed E-state index contributed by atoms with van der Waals surface area (Å²) < 4.78 is 0. The molecule has 4 nitrogen and oxygen atoms in total. The molecule has 0 aromatic carbocycles. The summed E-state index contributed by atoms with van der Waals surface area (Å²) in [5.41, 5.74) is 1.68. The monoisotopic (exact) mass is 267 g/mol. The van der Waals surface area contributed by atoms with Crippen molar-refractivity contribution in [2.24, 2.45) is 0 Å². The highest BCUT2D eigenvalue weighted by atomic mass is 16.3. The van der Waals surface area contributed by atoms with E-state index in [1.165, 1.54) is 5.57 Å². The van der Waals surface area contributed by atoms with E-state index in [1.807, 2.05) is 33.1 Å². The van der Waals surface area contributed by atoms with Crippen molar-refractivity contribution in [3.8, 4) is 0 Å². The lowest BCUT2D eigenvalue weighted by molar-refractivity contribution is 0.0458. The van der Waals surface area contributed by atoms with E-state index in [2.05, 4.69) is 36.0 Å². The molecule has 0 saturated carbocycles. The predicted octanol–water partition coefficient (Wildman–Crippen LogP) is 0.659. The maximum absolute atomic E-state index is 10.9. The number of rotatable bonds is 6. The largest absolute Gasteiger partial charge is 0.384 e. The molecular weight excluding hydrogens is 238 g/mol. The fraction of sp³-hybridized carbons (Fsp3) is 0.733. The molecule has 0 aromatic heterocycles. The zero-order chi connectivity index (χ0) is 14.6. The topological polar surface area (TPSA) is 30.0 Å². The molecule has 0 amide bonds. The maximum Gasteiger partial charge on any atom is 0.103 e. The minimum atomic E-state index is -0.733. The SMILES string of the molecule is CN(C)CC1=CCC(O)(CN(C)C)C(CN(C)C)=C1. The van der Waals surface area contributed by atoms with Gasteiger partial charge in [0.15, 0.2) is 0 Å². The second-order valence-electron chi connectivity index (χ2n) is 6.40. The third-order valence-corrected chi connectivity index (χ3v) is 3.22. The molecule has 0 heterocycles. The Morgan fingerprint density at radius 3 is 2.05 bits per heavy atom. The van der Waals surface area contributed by atoms with Crippen molar-refractivity contribution in [3.05, 3.63) is 23.3 Å². The van der Waals surface area contributed by atoms with Crippen molar-refractivity contribution in [2.45, 2.75) is 12.0 Å². The Bertz CT molecular complexity index is 358. The van der Waals surface area contributed by atoms with Crippen LogP contribution in [0.15, 0.2) is 23.3 Å². The van der Waals surface area contributed by atoms with Crippen LogP contribution in [-0.4, -0.2) is 87.3 Å². The third kappa shape index (κ3) is 5.07. The summed E-state index contributed by atoms with van der Waals surface area (Å²) in [6, 6.07) is 0. The van der Waals surface area contributed by atoms with Gasteiger partial charge in [0.05, 0.1) is 0 Å². The molecular formula is C15H29N3O. The lowest BCUT2D eigenvalue weighted by atomic mass is 9.83. The molecule has 0 aromatic rings. The van der Waals surface area contributed by atoms with Crippen molar-refractivity contribution in [3.63, 3.8) is 0 Å². The Kier molecular flexibility index (Phi) is 5.74. The lowest BCUT2D eigenvalue weighted by Gasteiger charge is -2.37. The van der Waals surface area contributed by atoms with E-state index in [0.717, 1.165) is 18.7 Å². The molecule has 1 rings (SSSR count). The van der Waals surface area contributed by atoms with Gasteiger partial charge in [0.25, 0.3) is 0 Å². The molecule has 0 bridgehead atoms. The van der Waals surface area contributed by atoms with Gasteiger partial charge in [0.1, 0.15) is 5.60 Å². The van der Waals surface area contributed by atoms with Crippen molar-refractivity contribution < 1.29 is 5.11 Å². The fourth-order valence-electron chi connectivity index (χ4n) is 2.55. The average Bonchev–Trinajstić information content (AvgIpc) is 2.21. The maximum atomic E-state index is 10.9. The summed E-state index contributed by atoms with van der Waals surface area (Å²) in [7, 11) is 12.2. The minimum absolute atomic E-state index is 0.665. The predicted molar refractivity (Wildman–Crippen MR) is 81.4 cm³/mol. The molecule has 0 aliphatic heterocycles. The molecule has 1 aliphatic carbocycles. The van der Waals surface area contributed by atoms with Crippen LogP contribution >= 0.6 is 0 Å². The summed E-state index contributed by atoms with van der Waals surface area (Å²) >= 11 is 0. The van der Waals surface area contributed by atoms with Gasteiger partial charge in [0, 0.05) is 19.6 Å². The van der Waals surface area contributed by atoms with Crippen LogP contribution < -0.4 is 0 Å². The van der Waals surface area contributed by atoms with Crippen molar-refractivity contribution in [1.29, 1.82) is 0 Å². The second kappa shape index (κ2) is 6.66. The first kappa shape index (κ1) is 16.4. The molecule has 1 aliphatic rings. The Hall–Kier alpha value is -0.680. The van der Waals surface area contributed by atoms with Gasteiger partial charge >= 0.3 is 0 Å². The summed E-state index contributed by atoms with van der Waals surface area (Å²) in [5, 5.41) is 10.9. The first-order valence-electron chi connectivity index (χ1n) is 6.79. The van der Waals surface area contributed by atoms with Gasteiger partial charge in [-0.1, -0.05) is 12.2 Å². The van der Waals surface area contributed by atoms with Gasteiger partial charge < -0.3 is 19.8 Å². The Morgan fingerprint density at radius 1 is 1.00 bits per heavy atom. The fourth-order valence-corrected chi connectivity index (χ4v) is 2.55. The molecule has 4 heteroatoms. The van der Waals surface area contributed by atoms with E-state index in [1.54, 1.807) is 0 Å². The van der Waals surface area contributed by atoms with Gasteiger partial charge in [-0.25, -0.2) is 0 Å². The van der Waals surface area contributed by atoms with Crippen LogP contribution in [0.3, 0.4) is 0 Å². The van der Waals surface area contributed by atoms with E-state index in [-0.39, 0.29) is 0 Å². The molecule has 110 valence electrons. The number of likely N-dealkylation sites (N-methyl/N-ethyl adjacent to an activating group) is 3. The highest BCUT2D eigenvalue weighted by Gasteiger charge is 2.33. The number of hydrogen-bond acceptors (Lipinski definition) is 4. The minimum Gasteiger partial charge on any atom is -0.384 e. The van der Waals surface area contributed by atoms with Crippen LogP contribution in [0.25, 0.3) is 0 Å². The van der Waals surface area contributed by atoms with Crippen LogP contribution in [0.2, 0.25) is 0 Å². The quantitative estimate of drug-likeness (QED) is 0.766. The number of hydrogen-bond donors (Lipinski definition) is 1. The molecule has 1 atom stereocenters. The highest BCUT2D eigenvalue weighted by molar-refractivity contribution is 5.37. The smallest absolute Gasteiger partial charge is 0.103 e. The van der Waals surface area contributed by atoms with E-state index in [0.29, 0.717) is 13.0 Å². The molecule has 1 unspecified atom stereocenters. The Labute approximate surface area is 118 Å².